The number of aryl methyl sites for hydroxylation is 1. The fourth-order valence-corrected chi connectivity index (χ4v) is 2.01. The summed E-state index contributed by atoms with van der Waals surface area (Å²) < 4.78 is 10.2. The Balaban J connectivity index is 2.08. The molecule has 120 valence electrons. The lowest BCUT2D eigenvalue weighted by Crippen LogP contribution is -2.20. The van der Waals surface area contributed by atoms with Crippen molar-refractivity contribution in [3.63, 3.8) is 0 Å². The van der Waals surface area contributed by atoms with Crippen LogP contribution in [0.15, 0.2) is 42.5 Å². The van der Waals surface area contributed by atoms with Crippen molar-refractivity contribution in [2.45, 2.75) is 13.8 Å². The van der Waals surface area contributed by atoms with Crippen LogP contribution in [0.3, 0.4) is 0 Å². The van der Waals surface area contributed by atoms with Gasteiger partial charge in [-0.15, -0.1) is 0 Å². The number of methoxy groups -OCH3 is 1. The van der Waals surface area contributed by atoms with E-state index in [9.17, 15) is 9.59 Å². The van der Waals surface area contributed by atoms with E-state index < -0.39 is 12.0 Å². The fourth-order valence-electron chi connectivity index (χ4n) is 2.01. The standard InChI is InChI=1S/C17H18N2O4/c1-11-7-8-16(22-3)15(9-11)19-17(21)18-13-5-4-6-14(10-13)23-12(2)20/h4-10H,1-3H3,(H2,18,19,21). The van der Waals surface area contributed by atoms with Crippen molar-refractivity contribution in [2.24, 2.45) is 0 Å². The van der Waals surface area contributed by atoms with Crippen LogP contribution in [-0.4, -0.2) is 19.1 Å². The van der Waals surface area contributed by atoms with Gasteiger partial charge in [0.1, 0.15) is 11.5 Å². The second-order valence-electron chi connectivity index (χ2n) is 4.90. The summed E-state index contributed by atoms with van der Waals surface area (Å²) in [6, 6.07) is 11.6. The van der Waals surface area contributed by atoms with Crippen molar-refractivity contribution in [1.82, 2.24) is 0 Å². The first-order valence-corrected chi connectivity index (χ1v) is 6.99. The van der Waals surface area contributed by atoms with Crippen LogP contribution in [0.5, 0.6) is 11.5 Å². The number of rotatable bonds is 4. The number of benzene rings is 2. The highest BCUT2D eigenvalue weighted by Gasteiger charge is 2.09. The molecule has 0 atom stereocenters. The normalized spacial score (nSPS) is 9.87. The maximum Gasteiger partial charge on any atom is 0.323 e. The lowest BCUT2D eigenvalue weighted by atomic mass is 10.2. The molecular formula is C17H18N2O4. The van der Waals surface area contributed by atoms with Gasteiger partial charge < -0.3 is 20.1 Å². The van der Waals surface area contributed by atoms with Crippen molar-refractivity contribution in [3.8, 4) is 11.5 Å². The van der Waals surface area contributed by atoms with Crippen molar-refractivity contribution < 1.29 is 19.1 Å². The van der Waals surface area contributed by atoms with Gasteiger partial charge in [-0.05, 0) is 36.8 Å². The van der Waals surface area contributed by atoms with Gasteiger partial charge in [0, 0.05) is 18.7 Å². The van der Waals surface area contributed by atoms with E-state index >= 15 is 0 Å². The second-order valence-corrected chi connectivity index (χ2v) is 4.90. The van der Waals surface area contributed by atoms with Crippen LogP contribution in [0.25, 0.3) is 0 Å². The smallest absolute Gasteiger partial charge is 0.323 e. The SMILES string of the molecule is COc1ccc(C)cc1NC(=O)Nc1cccc(OC(C)=O)c1. The summed E-state index contributed by atoms with van der Waals surface area (Å²) in [5.41, 5.74) is 2.08. The molecule has 0 fully saturated rings. The molecule has 0 aromatic heterocycles. The molecule has 0 aliphatic heterocycles. The predicted molar refractivity (Wildman–Crippen MR) is 88.1 cm³/mol. The summed E-state index contributed by atoms with van der Waals surface area (Å²) in [5, 5.41) is 5.41. The number of carbonyl (C=O) groups excluding carboxylic acids is 2. The summed E-state index contributed by atoms with van der Waals surface area (Å²) in [6.45, 7) is 3.24. The van der Waals surface area contributed by atoms with Crippen molar-refractivity contribution in [2.75, 3.05) is 17.7 Å². The maximum atomic E-state index is 12.1. The number of amides is 2. The van der Waals surface area contributed by atoms with Crippen molar-refractivity contribution in [3.05, 3.63) is 48.0 Å². The van der Waals surface area contributed by atoms with Gasteiger partial charge in [0.25, 0.3) is 0 Å². The average molecular weight is 314 g/mol. The molecule has 0 spiro atoms. The summed E-state index contributed by atoms with van der Waals surface area (Å²) >= 11 is 0. The lowest BCUT2D eigenvalue weighted by Gasteiger charge is -2.12. The third-order valence-electron chi connectivity index (χ3n) is 2.96. The Morgan fingerprint density at radius 3 is 2.52 bits per heavy atom. The Morgan fingerprint density at radius 1 is 1.04 bits per heavy atom. The van der Waals surface area contributed by atoms with E-state index in [4.69, 9.17) is 9.47 Å². The van der Waals surface area contributed by atoms with E-state index in [1.807, 2.05) is 19.1 Å². The van der Waals surface area contributed by atoms with E-state index in [1.54, 1.807) is 30.3 Å². The molecule has 2 amide bonds. The molecule has 0 radical (unpaired) electrons. The molecule has 0 aliphatic carbocycles. The third kappa shape index (κ3) is 4.74. The molecule has 2 rings (SSSR count). The fraction of sp³-hybridized carbons (Fsp3) is 0.176. The Hall–Kier alpha value is -3.02. The Bertz CT molecular complexity index is 728. The van der Waals surface area contributed by atoms with E-state index in [2.05, 4.69) is 10.6 Å². The Kier molecular flexibility index (Phi) is 5.19. The highest BCUT2D eigenvalue weighted by Crippen LogP contribution is 2.25. The molecule has 0 saturated carbocycles. The van der Waals surface area contributed by atoms with E-state index in [0.717, 1.165) is 5.56 Å². The number of nitrogens with one attached hydrogen (secondary N) is 2. The molecule has 6 heteroatoms. The van der Waals surface area contributed by atoms with Gasteiger partial charge in [-0.3, -0.25) is 4.79 Å². The van der Waals surface area contributed by atoms with Gasteiger partial charge in [-0.2, -0.15) is 0 Å². The molecule has 0 unspecified atom stereocenters. The zero-order valence-corrected chi connectivity index (χ0v) is 13.2. The van der Waals surface area contributed by atoms with Gasteiger partial charge in [-0.25, -0.2) is 4.79 Å². The lowest BCUT2D eigenvalue weighted by molar-refractivity contribution is -0.131. The predicted octanol–water partition coefficient (Wildman–Crippen LogP) is 3.57. The molecule has 2 N–H and O–H groups in total. The summed E-state index contributed by atoms with van der Waals surface area (Å²) in [7, 11) is 1.54. The number of anilines is 2. The third-order valence-corrected chi connectivity index (χ3v) is 2.96. The topological polar surface area (TPSA) is 76.7 Å². The molecule has 0 saturated heterocycles. The average Bonchev–Trinajstić information content (AvgIpc) is 2.47. The summed E-state index contributed by atoms with van der Waals surface area (Å²) in [5.74, 6) is 0.513. The molecule has 0 heterocycles. The van der Waals surface area contributed by atoms with Gasteiger partial charge in [-0.1, -0.05) is 12.1 Å². The monoisotopic (exact) mass is 314 g/mol. The second kappa shape index (κ2) is 7.31. The molecule has 0 bridgehead atoms. The highest BCUT2D eigenvalue weighted by molar-refractivity contribution is 6.00. The highest BCUT2D eigenvalue weighted by atomic mass is 16.5. The van der Waals surface area contributed by atoms with Gasteiger partial charge in [0.05, 0.1) is 12.8 Å². The zero-order chi connectivity index (χ0) is 16.8. The number of ether oxygens (including phenoxy) is 2. The summed E-state index contributed by atoms with van der Waals surface area (Å²) in [6.07, 6.45) is 0. The molecule has 23 heavy (non-hydrogen) atoms. The van der Waals surface area contributed by atoms with Crippen molar-refractivity contribution >= 4 is 23.4 Å². The molecule has 2 aromatic rings. The van der Waals surface area contributed by atoms with Gasteiger partial charge >= 0.3 is 12.0 Å². The van der Waals surface area contributed by atoms with Crippen LogP contribution in [-0.2, 0) is 4.79 Å². The zero-order valence-electron chi connectivity index (χ0n) is 13.2. The van der Waals surface area contributed by atoms with E-state index in [0.29, 0.717) is 22.9 Å². The quantitative estimate of drug-likeness (QED) is 0.668. The van der Waals surface area contributed by atoms with Crippen LogP contribution in [0.1, 0.15) is 12.5 Å². The molecule has 2 aromatic carbocycles. The van der Waals surface area contributed by atoms with Crippen molar-refractivity contribution in [1.29, 1.82) is 0 Å². The molecule has 0 aliphatic rings. The number of esters is 1. The van der Waals surface area contributed by atoms with Gasteiger partial charge in [0.2, 0.25) is 0 Å². The molecular weight excluding hydrogens is 296 g/mol. The first-order valence-electron chi connectivity index (χ1n) is 6.99. The Morgan fingerprint density at radius 2 is 1.83 bits per heavy atom. The first-order chi connectivity index (χ1) is 11.0. The maximum absolute atomic E-state index is 12.1. The van der Waals surface area contributed by atoms with Crippen LogP contribution < -0.4 is 20.1 Å². The van der Waals surface area contributed by atoms with Gasteiger partial charge in [0.15, 0.2) is 0 Å². The number of hydrogen-bond acceptors (Lipinski definition) is 4. The first kappa shape index (κ1) is 16.4. The van der Waals surface area contributed by atoms with Crippen LogP contribution in [0, 0.1) is 6.92 Å². The van der Waals surface area contributed by atoms with Crippen LogP contribution in [0.2, 0.25) is 0 Å². The number of urea groups is 1. The largest absolute Gasteiger partial charge is 0.495 e. The minimum absolute atomic E-state index is 0.364. The summed E-state index contributed by atoms with van der Waals surface area (Å²) in [4.78, 5) is 23.1. The van der Waals surface area contributed by atoms with Crippen LogP contribution in [0.4, 0.5) is 16.2 Å². The minimum atomic E-state index is -0.422. The minimum Gasteiger partial charge on any atom is -0.495 e. The van der Waals surface area contributed by atoms with E-state index in [-0.39, 0.29) is 0 Å². The number of carbonyl (C=O) groups is 2. The van der Waals surface area contributed by atoms with Crippen LogP contribution >= 0.6 is 0 Å². The molecule has 6 nitrogen and oxygen atoms in total. The Labute approximate surface area is 134 Å². The number of hydrogen-bond donors (Lipinski definition) is 2. The van der Waals surface area contributed by atoms with E-state index in [1.165, 1.54) is 14.0 Å².